The van der Waals surface area contributed by atoms with E-state index >= 15 is 0 Å². The molecule has 0 fully saturated rings. The summed E-state index contributed by atoms with van der Waals surface area (Å²) in [6, 6.07) is 13.2. The topological polar surface area (TPSA) is 46.9 Å². The van der Waals surface area contributed by atoms with Crippen LogP contribution < -0.4 is 5.32 Å². The van der Waals surface area contributed by atoms with E-state index in [1.165, 1.54) is 0 Å². The van der Waals surface area contributed by atoms with Gasteiger partial charge in [0, 0.05) is 11.3 Å². The van der Waals surface area contributed by atoms with Gasteiger partial charge in [-0.05, 0) is 42.0 Å². The van der Waals surface area contributed by atoms with Gasteiger partial charge < -0.3 is 5.32 Å². The minimum Gasteiger partial charge on any atom is -0.326 e. The van der Waals surface area contributed by atoms with Crippen molar-refractivity contribution in [2.75, 3.05) is 5.32 Å². The van der Waals surface area contributed by atoms with Gasteiger partial charge in [0.2, 0.25) is 5.91 Å². The number of nitrogens with zero attached hydrogens (tertiary/aromatic N) is 2. The maximum Gasteiger partial charge on any atom is 0.228 e. The summed E-state index contributed by atoms with van der Waals surface area (Å²) >= 11 is 12.1. The van der Waals surface area contributed by atoms with Crippen molar-refractivity contribution >= 4 is 34.8 Å². The molecule has 0 spiro atoms. The Morgan fingerprint density at radius 2 is 1.91 bits per heavy atom. The van der Waals surface area contributed by atoms with Gasteiger partial charge in [-0.1, -0.05) is 29.3 Å². The van der Waals surface area contributed by atoms with Crippen molar-refractivity contribution in [1.82, 2.24) is 9.78 Å². The van der Waals surface area contributed by atoms with E-state index < -0.39 is 0 Å². The Balaban J connectivity index is 1.80. The summed E-state index contributed by atoms with van der Waals surface area (Å²) in [5.74, 6) is 0.0233. The van der Waals surface area contributed by atoms with Gasteiger partial charge in [-0.15, -0.1) is 0 Å². The normalized spacial score (nSPS) is 13.0. The fourth-order valence-corrected chi connectivity index (χ4v) is 3.03. The highest BCUT2D eigenvalue weighted by Crippen LogP contribution is 2.31. The third-order valence-electron chi connectivity index (χ3n) is 3.82. The minimum atomic E-state index is 0.0233. The van der Waals surface area contributed by atoms with Crippen molar-refractivity contribution < 1.29 is 4.79 Å². The molecule has 3 aromatic rings. The quantitative estimate of drug-likeness (QED) is 0.752. The lowest BCUT2D eigenvalue weighted by atomic mass is 10.1. The fraction of sp³-hybridized carbons (Fsp3) is 0.0588. The minimum absolute atomic E-state index is 0.0233. The molecule has 23 heavy (non-hydrogen) atoms. The number of halogens is 2. The molecular formula is C17H11Cl2N3O. The lowest BCUT2D eigenvalue weighted by molar-refractivity contribution is -0.115. The van der Waals surface area contributed by atoms with Crippen LogP contribution in [0, 0.1) is 0 Å². The van der Waals surface area contributed by atoms with Crippen LogP contribution in [-0.4, -0.2) is 15.7 Å². The highest BCUT2D eigenvalue weighted by molar-refractivity contribution is 6.42. The number of amides is 1. The number of nitrogens with one attached hydrogen (secondary N) is 1. The Labute approximate surface area is 142 Å². The van der Waals surface area contributed by atoms with Crippen LogP contribution in [0.3, 0.4) is 0 Å². The Morgan fingerprint density at radius 1 is 1.04 bits per heavy atom. The van der Waals surface area contributed by atoms with Crippen LogP contribution in [0.15, 0.2) is 48.7 Å². The van der Waals surface area contributed by atoms with Gasteiger partial charge in [0.25, 0.3) is 0 Å². The lowest BCUT2D eigenvalue weighted by Gasteiger charge is -2.10. The second-order valence-electron chi connectivity index (χ2n) is 5.32. The molecular weight excluding hydrogens is 333 g/mol. The molecule has 0 radical (unpaired) electrons. The molecule has 1 aliphatic heterocycles. The maximum atomic E-state index is 11.5. The third-order valence-corrected chi connectivity index (χ3v) is 4.56. The Morgan fingerprint density at radius 3 is 2.74 bits per heavy atom. The summed E-state index contributed by atoms with van der Waals surface area (Å²) in [5.41, 5.74) is 4.61. The van der Waals surface area contributed by atoms with Gasteiger partial charge in [0.05, 0.1) is 34.0 Å². The number of aromatic nitrogens is 2. The summed E-state index contributed by atoms with van der Waals surface area (Å²) in [6.45, 7) is 0. The Bertz CT molecular complexity index is 933. The number of carbonyl (C=O) groups is 1. The van der Waals surface area contributed by atoms with E-state index in [0.717, 1.165) is 28.2 Å². The first kappa shape index (κ1) is 14.3. The number of fused-ring (bicyclic) bond motifs is 1. The second-order valence-corrected chi connectivity index (χ2v) is 6.14. The highest BCUT2D eigenvalue weighted by atomic mass is 35.5. The highest BCUT2D eigenvalue weighted by Gasteiger charge is 2.19. The van der Waals surface area contributed by atoms with Crippen molar-refractivity contribution in [2.45, 2.75) is 6.42 Å². The molecule has 0 bridgehead atoms. The van der Waals surface area contributed by atoms with Gasteiger partial charge in [-0.3, -0.25) is 4.79 Å². The molecule has 0 aliphatic carbocycles. The van der Waals surface area contributed by atoms with E-state index in [1.54, 1.807) is 23.0 Å². The number of anilines is 1. The number of carbonyl (C=O) groups excluding carboxylic acids is 1. The molecule has 1 amide bonds. The molecule has 1 aliphatic rings. The molecule has 0 atom stereocenters. The summed E-state index contributed by atoms with van der Waals surface area (Å²) in [5, 5.41) is 8.20. The van der Waals surface area contributed by atoms with Gasteiger partial charge in [-0.2, -0.15) is 5.10 Å². The van der Waals surface area contributed by atoms with Gasteiger partial charge >= 0.3 is 0 Å². The number of hydrogen-bond acceptors (Lipinski definition) is 2. The predicted molar refractivity (Wildman–Crippen MR) is 91.4 cm³/mol. The van der Waals surface area contributed by atoms with Crippen molar-refractivity contribution in [1.29, 1.82) is 0 Å². The zero-order valence-corrected chi connectivity index (χ0v) is 13.4. The first-order valence-corrected chi connectivity index (χ1v) is 7.80. The van der Waals surface area contributed by atoms with Crippen molar-refractivity contribution in [3.05, 3.63) is 64.3 Å². The molecule has 0 unspecified atom stereocenters. The molecule has 0 saturated carbocycles. The first-order valence-electron chi connectivity index (χ1n) is 7.04. The fourth-order valence-electron chi connectivity index (χ4n) is 2.73. The monoisotopic (exact) mass is 343 g/mol. The molecule has 1 N–H and O–H groups in total. The number of rotatable bonds is 2. The summed E-state index contributed by atoms with van der Waals surface area (Å²) < 4.78 is 1.80. The molecule has 4 rings (SSSR count). The van der Waals surface area contributed by atoms with Crippen LogP contribution in [0.1, 0.15) is 5.56 Å². The van der Waals surface area contributed by atoms with Crippen LogP contribution in [0.4, 0.5) is 5.69 Å². The van der Waals surface area contributed by atoms with E-state index in [1.807, 2.05) is 30.3 Å². The van der Waals surface area contributed by atoms with E-state index in [9.17, 15) is 4.79 Å². The molecule has 2 aromatic carbocycles. The molecule has 1 aromatic heterocycles. The molecule has 114 valence electrons. The van der Waals surface area contributed by atoms with Gasteiger partial charge in [0.1, 0.15) is 0 Å². The van der Waals surface area contributed by atoms with E-state index in [2.05, 4.69) is 10.4 Å². The smallest absolute Gasteiger partial charge is 0.228 e. The Hall–Kier alpha value is -2.30. The summed E-state index contributed by atoms with van der Waals surface area (Å²) in [7, 11) is 0. The first-order chi connectivity index (χ1) is 11.1. The number of benzene rings is 2. The third kappa shape index (κ3) is 2.50. The van der Waals surface area contributed by atoms with Crippen LogP contribution >= 0.6 is 23.2 Å². The van der Waals surface area contributed by atoms with E-state index in [0.29, 0.717) is 16.5 Å². The zero-order chi connectivity index (χ0) is 16.0. The van der Waals surface area contributed by atoms with Crippen molar-refractivity contribution in [3.63, 3.8) is 0 Å². The average Bonchev–Trinajstić information content (AvgIpc) is 3.14. The average molecular weight is 344 g/mol. The van der Waals surface area contributed by atoms with Crippen LogP contribution in [0.25, 0.3) is 16.9 Å². The van der Waals surface area contributed by atoms with Crippen molar-refractivity contribution in [3.8, 4) is 16.9 Å². The van der Waals surface area contributed by atoms with Crippen LogP contribution in [0.5, 0.6) is 0 Å². The predicted octanol–water partition coefficient (Wildman–Crippen LogP) is 4.34. The molecule has 0 saturated heterocycles. The molecule has 6 heteroatoms. The summed E-state index contributed by atoms with van der Waals surface area (Å²) in [6.07, 6.45) is 2.14. The standard InChI is InChI=1S/C17H11Cl2N3O/c18-13-3-2-12(9-14(13)19)22-16(5-6-20-22)10-1-4-15-11(7-10)8-17(23)21-15/h1-7,9H,8H2,(H,21,23). The van der Waals surface area contributed by atoms with Crippen LogP contribution in [0.2, 0.25) is 10.0 Å². The zero-order valence-electron chi connectivity index (χ0n) is 11.9. The van der Waals surface area contributed by atoms with Gasteiger partial charge in [-0.25, -0.2) is 4.68 Å². The second kappa shape index (κ2) is 5.41. The van der Waals surface area contributed by atoms with Crippen LogP contribution in [-0.2, 0) is 11.2 Å². The SMILES string of the molecule is O=C1Cc2cc(-c3ccnn3-c3ccc(Cl)c(Cl)c3)ccc2N1. The molecule has 2 heterocycles. The number of hydrogen-bond donors (Lipinski definition) is 1. The van der Waals surface area contributed by atoms with Crippen molar-refractivity contribution in [2.24, 2.45) is 0 Å². The largest absolute Gasteiger partial charge is 0.326 e. The Kier molecular flexibility index (Phi) is 3.36. The summed E-state index contributed by atoms with van der Waals surface area (Å²) in [4.78, 5) is 11.5. The van der Waals surface area contributed by atoms with Gasteiger partial charge in [0.15, 0.2) is 0 Å². The molecule has 4 nitrogen and oxygen atoms in total. The van der Waals surface area contributed by atoms with E-state index in [4.69, 9.17) is 23.2 Å². The maximum absolute atomic E-state index is 11.5. The van der Waals surface area contributed by atoms with E-state index in [-0.39, 0.29) is 5.91 Å². The lowest BCUT2D eigenvalue weighted by Crippen LogP contribution is -2.03.